The Morgan fingerprint density at radius 2 is 1.93 bits per heavy atom. The Hall–Kier alpha value is -3.26. The highest BCUT2D eigenvalue weighted by Gasteiger charge is 2.19. The summed E-state index contributed by atoms with van der Waals surface area (Å²) in [4.78, 5) is 16.2. The Morgan fingerprint density at radius 1 is 1.13 bits per heavy atom. The molecule has 0 saturated heterocycles. The van der Waals surface area contributed by atoms with Gasteiger partial charge in [0.05, 0.1) is 5.75 Å². The largest absolute Gasteiger partial charge is 0.486 e. The second-order valence-corrected chi connectivity index (χ2v) is 8.05. The molecule has 30 heavy (non-hydrogen) atoms. The number of aromatic nitrogens is 4. The quantitative estimate of drug-likeness (QED) is 0.388. The monoisotopic (exact) mass is 420 g/mol. The molecule has 152 valence electrons. The van der Waals surface area contributed by atoms with Crippen LogP contribution in [0.5, 0.6) is 11.5 Å². The predicted molar refractivity (Wildman–Crippen MR) is 116 cm³/mol. The van der Waals surface area contributed by atoms with Gasteiger partial charge in [0.2, 0.25) is 0 Å². The number of carbonyl (C=O) groups is 1. The molecule has 3 heterocycles. The van der Waals surface area contributed by atoms with Crippen molar-refractivity contribution < 1.29 is 14.3 Å². The first-order valence-corrected chi connectivity index (χ1v) is 10.6. The van der Waals surface area contributed by atoms with E-state index < -0.39 is 0 Å². The molecule has 0 unspecified atom stereocenters. The van der Waals surface area contributed by atoms with E-state index >= 15 is 0 Å². The zero-order valence-corrected chi connectivity index (χ0v) is 17.5. The highest BCUT2D eigenvalue weighted by Crippen LogP contribution is 2.34. The van der Waals surface area contributed by atoms with Gasteiger partial charge in [0.15, 0.2) is 28.3 Å². The van der Waals surface area contributed by atoms with E-state index in [1.165, 1.54) is 11.8 Å². The minimum atomic E-state index is 0.0684. The van der Waals surface area contributed by atoms with Crippen molar-refractivity contribution in [1.82, 2.24) is 19.7 Å². The lowest BCUT2D eigenvalue weighted by Crippen LogP contribution is -2.15. The zero-order chi connectivity index (χ0) is 20.7. The number of H-pyrrole nitrogens is 1. The normalized spacial score (nSPS) is 13.0. The van der Waals surface area contributed by atoms with Crippen molar-refractivity contribution in [3.05, 3.63) is 53.7 Å². The molecule has 1 N–H and O–H groups in total. The smallest absolute Gasteiger partial charge is 0.191 e. The molecule has 4 aromatic rings. The van der Waals surface area contributed by atoms with Crippen LogP contribution in [0.15, 0.2) is 47.6 Å². The van der Waals surface area contributed by atoms with Gasteiger partial charge in [-0.2, -0.15) is 0 Å². The van der Waals surface area contributed by atoms with Crippen LogP contribution < -0.4 is 9.47 Å². The van der Waals surface area contributed by atoms with Crippen LogP contribution in [0, 0.1) is 6.92 Å². The van der Waals surface area contributed by atoms with Gasteiger partial charge in [-0.1, -0.05) is 30.0 Å². The van der Waals surface area contributed by atoms with Crippen molar-refractivity contribution >= 4 is 28.4 Å². The van der Waals surface area contributed by atoms with Gasteiger partial charge in [-0.05, 0) is 31.2 Å². The van der Waals surface area contributed by atoms with Crippen LogP contribution in [0.3, 0.4) is 0 Å². The molecule has 1 aliphatic heterocycles. The molecular formula is C22H20N4O3S. The Bertz CT molecular complexity index is 1260. The maximum absolute atomic E-state index is 12.9. The van der Waals surface area contributed by atoms with Gasteiger partial charge in [-0.3, -0.25) is 4.79 Å². The van der Waals surface area contributed by atoms with Crippen LogP contribution in [0.1, 0.15) is 16.1 Å². The van der Waals surface area contributed by atoms with Gasteiger partial charge in [-0.15, -0.1) is 10.2 Å². The average Bonchev–Trinajstić information content (AvgIpc) is 3.30. The number of ether oxygens (including phenoxy) is 2. The van der Waals surface area contributed by atoms with Gasteiger partial charge >= 0.3 is 0 Å². The van der Waals surface area contributed by atoms with Crippen molar-refractivity contribution in [1.29, 1.82) is 0 Å². The minimum absolute atomic E-state index is 0.0684. The maximum atomic E-state index is 12.9. The average molecular weight is 420 g/mol. The molecule has 0 saturated carbocycles. The fraction of sp³-hybridized carbons (Fsp3) is 0.227. The number of aryl methyl sites for hydroxylation is 1. The predicted octanol–water partition coefficient (Wildman–Crippen LogP) is 4.02. The lowest BCUT2D eigenvalue weighted by Gasteiger charge is -2.18. The van der Waals surface area contributed by atoms with Gasteiger partial charge in [0.25, 0.3) is 0 Å². The molecule has 0 aliphatic carbocycles. The molecule has 0 radical (unpaired) electrons. The summed E-state index contributed by atoms with van der Waals surface area (Å²) < 4.78 is 13.1. The summed E-state index contributed by atoms with van der Waals surface area (Å²) in [5, 5.41) is 10.2. The van der Waals surface area contributed by atoms with Crippen molar-refractivity contribution in [3.63, 3.8) is 0 Å². The summed E-state index contributed by atoms with van der Waals surface area (Å²) in [7, 11) is 1.90. The fourth-order valence-electron chi connectivity index (χ4n) is 3.71. The molecule has 0 bridgehead atoms. The molecule has 0 fully saturated rings. The van der Waals surface area contributed by atoms with Gasteiger partial charge in [-0.25, -0.2) is 0 Å². The summed E-state index contributed by atoms with van der Waals surface area (Å²) in [6.07, 6.45) is 0. The van der Waals surface area contributed by atoms with E-state index in [1.54, 1.807) is 0 Å². The Kier molecular flexibility index (Phi) is 4.71. The van der Waals surface area contributed by atoms with Crippen LogP contribution in [0.25, 0.3) is 22.3 Å². The third kappa shape index (κ3) is 3.23. The third-order valence-corrected chi connectivity index (χ3v) is 6.16. The van der Waals surface area contributed by atoms with Gasteiger partial charge < -0.3 is 19.0 Å². The minimum Gasteiger partial charge on any atom is -0.486 e. The van der Waals surface area contributed by atoms with E-state index in [0.717, 1.165) is 33.5 Å². The summed E-state index contributed by atoms with van der Waals surface area (Å²) in [5.74, 6) is 2.52. The number of nitrogens with one attached hydrogen (secondary N) is 1. The SMILES string of the molecule is Cc1[nH]c2ccccc2c1C(=O)CSc1nnc(-c2ccc3c(c2)OCCO3)n1C. The number of fused-ring (bicyclic) bond motifs is 2. The van der Waals surface area contributed by atoms with Crippen molar-refractivity contribution in [2.24, 2.45) is 7.05 Å². The molecule has 1 aliphatic rings. The molecular weight excluding hydrogens is 400 g/mol. The maximum Gasteiger partial charge on any atom is 0.191 e. The Balaban J connectivity index is 1.36. The van der Waals surface area contributed by atoms with Crippen LogP contribution in [0.2, 0.25) is 0 Å². The summed E-state index contributed by atoms with van der Waals surface area (Å²) in [6, 6.07) is 13.6. The number of thioether (sulfide) groups is 1. The topological polar surface area (TPSA) is 82.0 Å². The first kappa shape index (κ1) is 18.7. The van der Waals surface area contributed by atoms with Crippen LogP contribution >= 0.6 is 11.8 Å². The van der Waals surface area contributed by atoms with Gasteiger partial charge in [0, 0.05) is 34.8 Å². The highest BCUT2D eigenvalue weighted by molar-refractivity contribution is 7.99. The van der Waals surface area contributed by atoms with Crippen LogP contribution in [-0.2, 0) is 7.05 Å². The second kappa shape index (κ2) is 7.53. The number of para-hydroxylation sites is 1. The first-order valence-electron chi connectivity index (χ1n) is 9.64. The number of carbonyl (C=O) groups excluding carboxylic acids is 1. The number of ketones is 1. The molecule has 2 aromatic heterocycles. The van der Waals surface area contributed by atoms with Crippen LogP contribution in [0.4, 0.5) is 0 Å². The summed E-state index contributed by atoms with van der Waals surface area (Å²) in [6.45, 7) is 3.02. The zero-order valence-electron chi connectivity index (χ0n) is 16.6. The molecule has 5 rings (SSSR count). The lowest BCUT2D eigenvalue weighted by molar-refractivity contribution is 0.102. The summed E-state index contributed by atoms with van der Waals surface area (Å²) in [5.41, 5.74) is 3.49. The number of aromatic amines is 1. The highest BCUT2D eigenvalue weighted by atomic mass is 32.2. The number of hydrogen-bond donors (Lipinski definition) is 1. The van der Waals surface area contributed by atoms with E-state index in [2.05, 4.69) is 15.2 Å². The van der Waals surface area contributed by atoms with E-state index in [-0.39, 0.29) is 11.5 Å². The third-order valence-electron chi connectivity index (χ3n) is 5.14. The molecule has 0 spiro atoms. The number of hydrogen-bond acceptors (Lipinski definition) is 6. The lowest BCUT2D eigenvalue weighted by atomic mass is 10.1. The van der Waals surface area contributed by atoms with E-state index in [9.17, 15) is 4.79 Å². The van der Waals surface area contributed by atoms with E-state index in [0.29, 0.717) is 29.9 Å². The Labute approximate surface area is 177 Å². The summed E-state index contributed by atoms with van der Waals surface area (Å²) >= 11 is 1.38. The number of Topliss-reactive ketones (excluding diaryl/α,β-unsaturated/α-hetero) is 1. The molecule has 8 heteroatoms. The molecule has 0 amide bonds. The van der Waals surface area contributed by atoms with Crippen LogP contribution in [-0.4, -0.2) is 44.5 Å². The number of rotatable bonds is 5. The van der Waals surface area contributed by atoms with Crippen molar-refractivity contribution in [3.8, 4) is 22.9 Å². The molecule has 2 aromatic carbocycles. The fourth-order valence-corrected chi connectivity index (χ4v) is 4.50. The van der Waals surface area contributed by atoms with E-state index in [4.69, 9.17) is 9.47 Å². The number of nitrogens with zero attached hydrogens (tertiary/aromatic N) is 3. The standard InChI is InChI=1S/C22H20N4O3S/c1-13-20(15-5-3-4-6-16(15)23-13)17(27)12-30-22-25-24-21(26(22)2)14-7-8-18-19(11-14)29-10-9-28-18/h3-8,11,23H,9-10,12H2,1-2H3. The molecule has 0 atom stereocenters. The Morgan fingerprint density at radius 3 is 2.80 bits per heavy atom. The number of benzene rings is 2. The van der Waals surface area contributed by atoms with Crippen molar-refractivity contribution in [2.75, 3.05) is 19.0 Å². The van der Waals surface area contributed by atoms with E-state index in [1.807, 2.05) is 61.0 Å². The van der Waals surface area contributed by atoms with Gasteiger partial charge in [0.1, 0.15) is 13.2 Å². The molecule has 7 nitrogen and oxygen atoms in total. The van der Waals surface area contributed by atoms with Crippen molar-refractivity contribution in [2.45, 2.75) is 12.1 Å². The second-order valence-electron chi connectivity index (χ2n) is 7.11. The first-order chi connectivity index (χ1) is 14.6.